The molecule has 4 aromatic carbocycles. The van der Waals surface area contributed by atoms with Gasteiger partial charge in [0, 0.05) is 22.3 Å². The molecular weight excluding hydrogens is 424 g/mol. The van der Waals surface area contributed by atoms with Gasteiger partial charge in [0.05, 0.1) is 5.92 Å². The van der Waals surface area contributed by atoms with Gasteiger partial charge in [0.15, 0.2) is 11.6 Å². The van der Waals surface area contributed by atoms with Gasteiger partial charge in [-0.05, 0) is 47.2 Å². The van der Waals surface area contributed by atoms with Crippen molar-refractivity contribution < 1.29 is 19.5 Å². The summed E-state index contributed by atoms with van der Waals surface area (Å²) in [5, 5.41) is 9.28. The van der Waals surface area contributed by atoms with Gasteiger partial charge >= 0.3 is 5.97 Å². The Balaban J connectivity index is 1.61. The zero-order valence-electron chi connectivity index (χ0n) is 18.6. The van der Waals surface area contributed by atoms with Crippen molar-refractivity contribution in [3.63, 3.8) is 0 Å². The molecule has 1 N–H and O–H groups in total. The lowest BCUT2D eigenvalue weighted by Crippen LogP contribution is -2.11. The third kappa shape index (κ3) is 3.73. The number of benzene rings is 4. The Labute approximate surface area is 197 Å². The van der Waals surface area contributed by atoms with Crippen LogP contribution in [0.2, 0.25) is 0 Å². The molecule has 1 unspecified atom stereocenters. The van der Waals surface area contributed by atoms with Gasteiger partial charge in [-0.15, -0.1) is 0 Å². The van der Waals surface area contributed by atoms with Crippen LogP contribution in [-0.2, 0) is 11.2 Å². The lowest BCUT2D eigenvalue weighted by Gasteiger charge is -2.13. The van der Waals surface area contributed by atoms with Gasteiger partial charge in [0.1, 0.15) is 0 Å². The van der Waals surface area contributed by atoms with Gasteiger partial charge in [-0.3, -0.25) is 14.4 Å². The summed E-state index contributed by atoms with van der Waals surface area (Å²) in [5.41, 5.74) is 5.94. The second-order valence-electron chi connectivity index (χ2n) is 8.60. The molecule has 1 aliphatic rings. The molecule has 5 rings (SSSR count). The largest absolute Gasteiger partial charge is 0.481 e. The molecule has 0 fully saturated rings. The van der Waals surface area contributed by atoms with E-state index >= 15 is 0 Å². The Bertz CT molecular complexity index is 1430. The number of carbonyl (C=O) groups excluding carboxylic acids is 2. The summed E-state index contributed by atoms with van der Waals surface area (Å²) in [4.78, 5) is 38.5. The van der Waals surface area contributed by atoms with Crippen LogP contribution in [0.15, 0.2) is 91.0 Å². The summed E-state index contributed by atoms with van der Waals surface area (Å²) in [6, 6.07) is 27.8. The van der Waals surface area contributed by atoms with E-state index in [0.29, 0.717) is 34.2 Å². The molecule has 0 heterocycles. The van der Waals surface area contributed by atoms with Gasteiger partial charge in [-0.25, -0.2) is 0 Å². The number of hydrogen-bond acceptors (Lipinski definition) is 3. The highest BCUT2D eigenvalue weighted by Crippen LogP contribution is 2.34. The van der Waals surface area contributed by atoms with E-state index in [2.05, 4.69) is 0 Å². The average molecular weight is 447 g/mol. The van der Waals surface area contributed by atoms with Crippen LogP contribution < -0.4 is 0 Å². The molecule has 166 valence electrons. The molecule has 34 heavy (non-hydrogen) atoms. The van der Waals surface area contributed by atoms with Crippen LogP contribution in [0.5, 0.6) is 0 Å². The molecule has 0 amide bonds. The summed E-state index contributed by atoms with van der Waals surface area (Å²) >= 11 is 0. The number of hydrogen-bond donors (Lipinski definition) is 1. The Kier molecular flexibility index (Phi) is 5.42. The predicted molar refractivity (Wildman–Crippen MR) is 130 cm³/mol. The molecule has 0 saturated carbocycles. The predicted octanol–water partition coefficient (Wildman–Crippen LogP) is 5.91. The topological polar surface area (TPSA) is 71.4 Å². The van der Waals surface area contributed by atoms with E-state index in [0.717, 1.165) is 22.3 Å². The fourth-order valence-electron chi connectivity index (χ4n) is 4.53. The number of ketones is 2. The minimum absolute atomic E-state index is 0.158. The molecule has 4 heteroatoms. The molecule has 4 aromatic rings. The minimum Gasteiger partial charge on any atom is -0.481 e. The summed E-state index contributed by atoms with van der Waals surface area (Å²) in [6.07, 6.45) is 0.552. The molecule has 0 aromatic heterocycles. The third-order valence-electron chi connectivity index (χ3n) is 6.48. The highest BCUT2D eigenvalue weighted by molar-refractivity contribution is 6.25. The van der Waals surface area contributed by atoms with Crippen LogP contribution in [-0.4, -0.2) is 22.6 Å². The Morgan fingerprint density at radius 1 is 0.735 bits per heavy atom. The number of fused-ring (bicyclic) bond motifs is 3. The molecule has 0 saturated heterocycles. The van der Waals surface area contributed by atoms with E-state index in [4.69, 9.17) is 0 Å². The molecule has 0 spiro atoms. The monoisotopic (exact) mass is 446 g/mol. The fraction of sp³-hybridized carbons (Fsp3) is 0.100. The van der Waals surface area contributed by atoms with Crippen LogP contribution in [0.25, 0.3) is 11.1 Å². The van der Waals surface area contributed by atoms with Gasteiger partial charge in [-0.1, -0.05) is 84.9 Å². The average Bonchev–Trinajstić information content (AvgIpc) is 2.94. The van der Waals surface area contributed by atoms with E-state index in [-0.39, 0.29) is 11.6 Å². The van der Waals surface area contributed by atoms with Crippen molar-refractivity contribution in [1.29, 1.82) is 0 Å². The van der Waals surface area contributed by atoms with Crippen molar-refractivity contribution in [2.24, 2.45) is 0 Å². The molecule has 1 atom stereocenters. The Hall–Kier alpha value is -4.31. The van der Waals surface area contributed by atoms with Crippen LogP contribution in [0.1, 0.15) is 61.4 Å². The summed E-state index contributed by atoms with van der Waals surface area (Å²) in [5.74, 6) is -1.84. The van der Waals surface area contributed by atoms with Crippen molar-refractivity contribution in [3.05, 3.63) is 130 Å². The van der Waals surface area contributed by atoms with Crippen molar-refractivity contribution >= 4 is 17.5 Å². The summed E-state index contributed by atoms with van der Waals surface area (Å²) < 4.78 is 0. The van der Waals surface area contributed by atoms with Crippen LogP contribution in [0.4, 0.5) is 0 Å². The molecule has 4 nitrogen and oxygen atoms in total. The maximum atomic E-state index is 13.9. The normalized spacial score (nSPS) is 13.2. The van der Waals surface area contributed by atoms with E-state index in [1.807, 2.05) is 54.6 Å². The van der Waals surface area contributed by atoms with Crippen LogP contribution in [0, 0.1) is 0 Å². The number of rotatable bonds is 5. The lowest BCUT2D eigenvalue weighted by atomic mass is 9.89. The second-order valence-corrected chi connectivity index (χ2v) is 8.60. The quantitative estimate of drug-likeness (QED) is 0.364. The first-order chi connectivity index (χ1) is 16.4. The number of aliphatic carboxylic acids is 1. The van der Waals surface area contributed by atoms with Gasteiger partial charge in [-0.2, -0.15) is 0 Å². The standard InChI is InChI=1S/C30H22O4/c1-18(30(33)34)20-10-12-21(13-11-20)24-15-14-23-17-26(24)29(32)27-22(8-5-9-25(27)28(23)31)16-19-6-3-2-4-7-19/h2-15,17-18H,16H2,1H3,(H,33,34). The van der Waals surface area contributed by atoms with Gasteiger partial charge < -0.3 is 5.11 Å². The number of carbonyl (C=O) groups is 3. The molecular formula is C30H22O4. The maximum Gasteiger partial charge on any atom is 0.310 e. The van der Waals surface area contributed by atoms with Crippen LogP contribution in [0.3, 0.4) is 0 Å². The number of carboxylic acid groups (broad SMARTS) is 1. The van der Waals surface area contributed by atoms with Crippen molar-refractivity contribution in [2.45, 2.75) is 19.3 Å². The Morgan fingerprint density at radius 2 is 1.44 bits per heavy atom. The van der Waals surface area contributed by atoms with E-state index in [1.165, 1.54) is 0 Å². The Morgan fingerprint density at radius 3 is 2.15 bits per heavy atom. The zero-order valence-corrected chi connectivity index (χ0v) is 18.6. The molecule has 0 aliphatic heterocycles. The molecule has 0 radical (unpaired) electrons. The van der Waals surface area contributed by atoms with Gasteiger partial charge in [0.2, 0.25) is 0 Å². The third-order valence-corrected chi connectivity index (χ3v) is 6.48. The second kappa shape index (κ2) is 8.56. The van der Waals surface area contributed by atoms with Crippen molar-refractivity contribution in [2.75, 3.05) is 0 Å². The van der Waals surface area contributed by atoms with Crippen LogP contribution >= 0.6 is 0 Å². The highest BCUT2D eigenvalue weighted by atomic mass is 16.4. The fourth-order valence-corrected chi connectivity index (χ4v) is 4.53. The lowest BCUT2D eigenvalue weighted by molar-refractivity contribution is -0.138. The van der Waals surface area contributed by atoms with Crippen molar-refractivity contribution in [3.8, 4) is 11.1 Å². The maximum absolute atomic E-state index is 13.9. The first kappa shape index (κ1) is 21.5. The van der Waals surface area contributed by atoms with E-state index in [1.54, 1.807) is 43.3 Å². The number of carboxylic acids is 1. The van der Waals surface area contributed by atoms with Crippen molar-refractivity contribution in [1.82, 2.24) is 0 Å². The summed E-state index contributed by atoms with van der Waals surface area (Å²) in [6.45, 7) is 1.64. The molecule has 1 aliphatic carbocycles. The SMILES string of the molecule is CC(C(=O)O)c1ccc(-c2ccc3cc2C(=O)c2c(Cc4ccccc4)cccc2C3=O)cc1. The molecule has 2 bridgehead atoms. The van der Waals surface area contributed by atoms with E-state index in [9.17, 15) is 19.5 Å². The zero-order chi connectivity index (χ0) is 23.8. The first-order valence-corrected chi connectivity index (χ1v) is 11.2. The van der Waals surface area contributed by atoms with Gasteiger partial charge in [0.25, 0.3) is 0 Å². The summed E-state index contributed by atoms with van der Waals surface area (Å²) in [7, 11) is 0. The smallest absolute Gasteiger partial charge is 0.310 e. The van der Waals surface area contributed by atoms with E-state index < -0.39 is 11.9 Å². The minimum atomic E-state index is -0.889. The highest BCUT2D eigenvalue weighted by Gasteiger charge is 2.29. The first-order valence-electron chi connectivity index (χ1n) is 11.2.